The molecule has 3 aromatic rings. The molecule has 0 bridgehead atoms. The lowest BCUT2D eigenvalue weighted by Crippen LogP contribution is -2.45. The molecule has 1 fully saturated rings. The molecule has 1 amide bonds. The lowest BCUT2D eigenvalue weighted by molar-refractivity contribution is -0.0330. The number of aliphatic hydroxyl groups is 2. The minimum absolute atomic E-state index is 0.00674. The van der Waals surface area contributed by atoms with Gasteiger partial charge in [-0.3, -0.25) is 9.36 Å². The van der Waals surface area contributed by atoms with Crippen LogP contribution in [0, 0.1) is 0 Å². The van der Waals surface area contributed by atoms with Crippen LogP contribution in [-0.4, -0.2) is 68.9 Å². The van der Waals surface area contributed by atoms with Crippen molar-refractivity contribution in [1.82, 2.24) is 29.0 Å². The van der Waals surface area contributed by atoms with Crippen molar-refractivity contribution in [3.8, 4) is 0 Å². The second-order valence-corrected chi connectivity index (χ2v) is 9.02. The number of carbonyl (C=O) groups is 1. The Hall–Kier alpha value is -3.08. The second-order valence-electron chi connectivity index (χ2n) is 7.12. The summed E-state index contributed by atoms with van der Waals surface area (Å²) in [5.41, 5.74) is 11.8. The highest BCUT2D eigenvalue weighted by Gasteiger charge is 2.44. The van der Waals surface area contributed by atoms with E-state index < -0.39 is 47.2 Å². The monoisotopic (exact) mass is 498 g/mol. The number of aromatic nitrogens is 4. The van der Waals surface area contributed by atoms with E-state index in [9.17, 15) is 23.4 Å². The Bertz CT molecular complexity index is 1300. The molecule has 1 saturated heterocycles. The molecule has 16 heteroatoms. The Morgan fingerprint density at radius 3 is 2.70 bits per heavy atom. The molecule has 1 aliphatic heterocycles. The molecule has 14 nitrogen and oxygen atoms in total. The highest BCUT2D eigenvalue weighted by molar-refractivity contribution is 7.88. The van der Waals surface area contributed by atoms with Crippen LogP contribution < -0.4 is 20.9 Å². The number of benzene rings is 1. The number of imidazole rings is 1. The van der Waals surface area contributed by atoms with Crippen molar-refractivity contribution in [2.24, 2.45) is 0 Å². The number of halogens is 1. The molecule has 3 heterocycles. The van der Waals surface area contributed by atoms with Gasteiger partial charge in [-0.05, 0) is 12.1 Å². The summed E-state index contributed by atoms with van der Waals surface area (Å²) in [4.78, 5) is 24.3. The maximum Gasteiger partial charge on any atom is 0.301 e. The molecule has 33 heavy (non-hydrogen) atoms. The number of aliphatic hydroxyl groups excluding tert-OH is 2. The van der Waals surface area contributed by atoms with Crippen molar-refractivity contribution >= 4 is 50.4 Å². The van der Waals surface area contributed by atoms with E-state index in [0.29, 0.717) is 0 Å². The van der Waals surface area contributed by atoms with Crippen LogP contribution in [0.4, 0.5) is 11.5 Å². The highest BCUT2D eigenvalue weighted by atomic mass is 35.5. The number of fused-ring (bicyclic) bond motifs is 1. The molecule has 1 aliphatic rings. The Balaban J connectivity index is 1.45. The van der Waals surface area contributed by atoms with Crippen molar-refractivity contribution < 1.29 is 28.2 Å². The van der Waals surface area contributed by atoms with Gasteiger partial charge in [-0.15, -0.1) is 0 Å². The Labute approximate surface area is 191 Å². The summed E-state index contributed by atoms with van der Waals surface area (Å²) in [7, 11) is -4.40. The number of nitrogens with zero attached hydrogens (tertiary/aromatic N) is 4. The van der Waals surface area contributed by atoms with Gasteiger partial charge in [-0.1, -0.05) is 17.7 Å². The van der Waals surface area contributed by atoms with Gasteiger partial charge in [0.2, 0.25) is 0 Å². The van der Waals surface area contributed by atoms with Gasteiger partial charge < -0.3 is 26.4 Å². The molecular formula is C17H19ClN8O6S. The van der Waals surface area contributed by atoms with Crippen molar-refractivity contribution in [3.05, 3.63) is 41.4 Å². The number of rotatable bonds is 6. The topological polar surface area (TPSA) is 221 Å². The number of nitrogens with one attached hydrogen (secondary N) is 2. The summed E-state index contributed by atoms with van der Waals surface area (Å²) in [6.45, 7) is -0.473. The minimum Gasteiger partial charge on any atom is -0.398 e. The van der Waals surface area contributed by atoms with Gasteiger partial charge in [0.05, 0.1) is 16.9 Å². The van der Waals surface area contributed by atoms with Gasteiger partial charge in [0.15, 0.2) is 17.7 Å². The molecule has 0 aliphatic carbocycles. The summed E-state index contributed by atoms with van der Waals surface area (Å²) >= 11 is 5.92. The molecular weight excluding hydrogens is 480 g/mol. The zero-order valence-electron chi connectivity index (χ0n) is 16.7. The molecule has 1 aromatic carbocycles. The van der Waals surface area contributed by atoms with E-state index in [-0.39, 0.29) is 33.3 Å². The first kappa shape index (κ1) is 23.1. The number of nitrogens with two attached hydrogens (primary N) is 2. The normalized spacial score (nSPS) is 23.1. The van der Waals surface area contributed by atoms with Crippen LogP contribution in [0.15, 0.2) is 30.9 Å². The van der Waals surface area contributed by atoms with Gasteiger partial charge in [0, 0.05) is 12.2 Å². The first-order chi connectivity index (χ1) is 15.6. The molecule has 0 radical (unpaired) electrons. The molecule has 0 unspecified atom stereocenters. The van der Waals surface area contributed by atoms with E-state index >= 15 is 0 Å². The first-order valence-corrected chi connectivity index (χ1v) is 11.3. The van der Waals surface area contributed by atoms with E-state index in [1.165, 1.54) is 35.4 Å². The highest BCUT2D eigenvalue weighted by Crippen LogP contribution is 2.31. The summed E-state index contributed by atoms with van der Waals surface area (Å²) in [5, 5.41) is 20.8. The zero-order chi connectivity index (χ0) is 23.9. The van der Waals surface area contributed by atoms with Crippen molar-refractivity contribution in [2.75, 3.05) is 18.0 Å². The maximum atomic E-state index is 12.3. The number of ether oxygens (including phenoxy) is 1. The maximum absolute atomic E-state index is 12.3. The van der Waals surface area contributed by atoms with Crippen LogP contribution in [0.3, 0.4) is 0 Å². The second kappa shape index (κ2) is 8.69. The van der Waals surface area contributed by atoms with Gasteiger partial charge in [0.1, 0.15) is 30.2 Å². The number of anilines is 2. The van der Waals surface area contributed by atoms with Crippen LogP contribution in [-0.2, 0) is 14.9 Å². The fraction of sp³-hybridized carbons (Fsp3) is 0.294. The number of nitrogen functional groups attached to an aromatic ring is 2. The average Bonchev–Trinajstić information content (AvgIpc) is 3.29. The van der Waals surface area contributed by atoms with Crippen molar-refractivity contribution in [3.63, 3.8) is 0 Å². The van der Waals surface area contributed by atoms with Crippen LogP contribution >= 0.6 is 11.6 Å². The number of hydrogen-bond acceptors (Lipinski definition) is 11. The number of amides is 1. The molecule has 0 spiro atoms. The minimum atomic E-state index is -4.40. The molecule has 4 rings (SSSR count). The summed E-state index contributed by atoms with van der Waals surface area (Å²) in [6, 6.07) is 4.28. The lowest BCUT2D eigenvalue weighted by atomic mass is 10.1. The van der Waals surface area contributed by atoms with Gasteiger partial charge in [0.25, 0.3) is 5.91 Å². The Kier molecular flexibility index (Phi) is 6.08. The summed E-state index contributed by atoms with van der Waals surface area (Å²) in [6.07, 6.45) is -2.70. The van der Waals surface area contributed by atoms with Gasteiger partial charge in [-0.2, -0.15) is 13.1 Å². The van der Waals surface area contributed by atoms with Crippen molar-refractivity contribution in [2.45, 2.75) is 24.5 Å². The van der Waals surface area contributed by atoms with Crippen LogP contribution in [0.2, 0.25) is 5.02 Å². The standard InChI is InChI=1S/C17H19ClN8O6S/c18-7-2-1-3-8(19)10(7)16(29)25-33(30,31)24-4-9-12(27)13(28)17(32-9)26-6-23-11-14(20)21-5-22-15(11)26/h1-3,5-6,9,12-13,17,24,27-28H,4,19H2,(H,25,29)(H2,20,21,22)/t9-,12-,13-,17-/m1/s1. The average molecular weight is 499 g/mol. The molecule has 8 N–H and O–H groups in total. The van der Waals surface area contributed by atoms with Crippen LogP contribution in [0.25, 0.3) is 11.2 Å². The molecule has 4 atom stereocenters. The number of carbonyl (C=O) groups excluding carboxylic acids is 1. The zero-order valence-corrected chi connectivity index (χ0v) is 18.2. The van der Waals surface area contributed by atoms with E-state index in [0.717, 1.165) is 0 Å². The van der Waals surface area contributed by atoms with E-state index in [4.69, 9.17) is 27.8 Å². The van der Waals surface area contributed by atoms with E-state index in [1.54, 1.807) is 4.72 Å². The Morgan fingerprint density at radius 2 is 1.97 bits per heavy atom. The number of hydrogen-bond donors (Lipinski definition) is 6. The third kappa shape index (κ3) is 4.41. The van der Waals surface area contributed by atoms with Gasteiger partial charge in [-0.25, -0.2) is 19.7 Å². The molecule has 176 valence electrons. The SMILES string of the molecule is Nc1cccc(Cl)c1C(=O)NS(=O)(=O)NC[C@H]1O[C@@H](n2cnc3c(N)ncnc32)[C@H](O)[C@@H]1O. The third-order valence-corrected chi connectivity index (χ3v) is 6.29. The van der Waals surface area contributed by atoms with Gasteiger partial charge >= 0.3 is 10.2 Å². The third-order valence-electron chi connectivity index (χ3n) is 4.97. The lowest BCUT2D eigenvalue weighted by Gasteiger charge is -2.17. The van der Waals surface area contributed by atoms with Crippen LogP contribution in [0.5, 0.6) is 0 Å². The predicted molar refractivity (Wildman–Crippen MR) is 116 cm³/mol. The molecule has 2 aromatic heterocycles. The summed E-state index contributed by atoms with van der Waals surface area (Å²) in [5.74, 6) is -0.926. The fourth-order valence-corrected chi connectivity index (χ4v) is 4.43. The first-order valence-electron chi connectivity index (χ1n) is 9.39. The molecule has 0 saturated carbocycles. The fourth-order valence-electron chi connectivity index (χ4n) is 3.37. The Morgan fingerprint density at radius 1 is 1.21 bits per heavy atom. The quantitative estimate of drug-likeness (QED) is 0.215. The van der Waals surface area contributed by atoms with E-state index in [2.05, 4.69) is 19.7 Å². The van der Waals surface area contributed by atoms with E-state index in [1.807, 2.05) is 0 Å². The largest absolute Gasteiger partial charge is 0.398 e. The van der Waals surface area contributed by atoms with Crippen LogP contribution in [0.1, 0.15) is 16.6 Å². The predicted octanol–water partition coefficient (Wildman–Crippen LogP) is -1.47. The smallest absolute Gasteiger partial charge is 0.301 e. The van der Waals surface area contributed by atoms with Crippen molar-refractivity contribution in [1.29, 1.82) is 0 Å². The summed E-state index contributed by atoms with van der Waals surface area (Å²) < 4.78 is 35.5.